The second-order valence-corrected chi connectivity index (χ2v) is 8.82. The Bertz CT molecular complexity index is 1530. The average Bonchev–Trinajstić information content (AvgIpc) is 3.29. The summed E-state index contributed by atoms with van der Waals surface area (Å²) < 4.78 is 15.5. The van der Waals surface area contributed by atoms with Crippen LogP contribution in [0.15, 0.2) is 79.0 Å². The van der Waals surface area contributed by atoms with E-state index < -0.39 is 0 Å². The molecule has 0 saturated carbocycles. The van der Waals surface area contributed by atoms with Crippen molar-refractivity contribution in [2.45, 2.75) is 19.0 Å². The van der Waals surface area contributed by atoms with Crippen LogP contribution < -0.4 is 16.4 Å². The van der Waals surface area contributed by atoms with Crippen LogP contribution in [-0.2, 0) is 13.0 Å². The minimum absolute atomic E-state index is 0.0362. The van der Waals surface area contributed by atoms with Crippen LogP contribution in [0, 0.1) is 5.82 Å². The Morgan fingerprint density at radius 1 is 0.914 bits per heavy atom. The number of rotatable bonds is 4. The van der Waals surface area contributed by atoms with Gasteiger partial charge in [0.1, 0.15) is 11.6 Å². The summed E-state index contributed by atoms with van der Waals surface area (Å²) in [5.41, 5.74) is 18.3. The van der Waals surface area contributed by atoms with Gasteiger partial charge in [0.15, 0.2) is 5.65 Å². The maximum Gasteiger partial charge on any atom is 0.224 e. The van der Waals surface area contributed by atoms with Crippen molar-refractivity contribution in [3.63, 3.8) is 0 Å². The fourth-order valence-electron chi connectivity index (χ4n) is 4.98. The molecule has 3 heterocycles. The van der Waals surface area contributed by atoms with Crippen molar-refractivity contribution in [3.05, 3.63) is 95.9 Å². The SMILES string of the molecule is Nc1nc(N)c2cnn(C3Cc4ccccc4N(Cc4ccccc4-c4ccc(F)cc4)C3)c2n1. The predicted octanol–water partition coefficient (Wildman–Crippen LogP) is 4.60. The van der Waals surface area contributed by atoms with E-state index in [9.17, 15) is 4.39 Å². The first-order valence-electron chi connectivity index (χ1n) is 11.5. The van der Waals surface area contributed by atoms with Crippen LogP contribution in [0.5, 0.6) is 0 Å². The van der Waals surface area contributed by atoms with Crippen molar-refractivity contribution in [2.24, 2.45) is 0 Å². The summed E-state index contributed by atoms with van der Waals surface area (Å²) >= 11 is 0. The van der Waals surface area contributed by atoms with Crippen molar-refractivity contribution < 1.29 is 4.39 Å². The van der Waals surface area contributed by atoms with E-state index in [2.05, 4.69) is 56.4 Å². The molecule has 5 aromatic rings. The largest absolute Gasteiger partial charge is 0.383 e. The highest BCUT2D eigenvalue weighted by molar-refractivity contribution is 5.86. The highest BCUT2D eigenvalue weighted by Crippen LogP contribution is 2.35. The number of para-hydroxylation sites is 1. The van der Waals surface area contributed by atoms with Gasteiger partial charge in [0.25, 0.3) is 0 Å². The van der Waals surface area contributed by atoms with E-state index in [1.165, 1.54) is 23.4 Å². The average molecular weight is 466 g/mol. The summed E-state index contributed by atoms with van der Waals surface area (Å²) in [6, 6.07) is 23.4. The van der Waals surface area contributed by atoms with Gasteiger partial charge in [-0.05, 0) is 46.9 Å². The van der Waals surface area contributed by atoms with Crippen LogP contribution in [0.25, 0.3) is 22.2 Å². The summed E-state index contributed by atoms with van der Waals surface area (Å²) in [4.78, 5) is 10.9. The van der Waals surface area contributed by atoms with E-state index in [1.807, 2.05) is 28.9 Å². The first-order chi connectivity index (χ1) is 17.1. The predicted molar refractivity (Wildman–Crippen MR) is 136 cm³/mol. The minimum Gasteiger partial charge on any atom is -0.383 e. The first kappa shape index (κ1) is 21.1. The van der Waals surface area contributed by atoms with Gasteiger partial charge in [-0.15, -0.1) is 0 Å². The van der Waals surface area contributed by atoms with Gasteiger partial charge < -0.3 is 16.4 Å². The molecule has 8 heteroatoms. The Balaban J connectivity index is 1.39. The fourth-order valence-corrected chi connectivity index (χ4v) is 4.98. The van der Waals surface area contributed by atoms with E-state index in [0.29, 0.717) is 23.4 Å². The van der Waals surface area contributed by atoms with Crippen LogP contribution in [0.2, 0.25) is 0 Å². The van der Waals surface area contributed by atoms with E-state index in [1.54, 1.807) is 6.20 Å². The molecule has 0 bridgehead atoms. The number of nitrogen functional groups attached to an aromatic ring is 2. The molecule has 1 aliphatic heterocycles. The lowest BCUT2D eigenvalue weighted by molar-refractivity contribution is 0.439. The number of aromatic nitrogens is 4. The molecule has 1 atom stereocenters. The van der Waals surface area contributed by atoms with Gasteiger partial charge in [-0.2, -0.15) is 15.1 Å². The fraction of sp³-hybridized carbons (Fsp3) is 0.148. The molecular formula is C27H24FN7. The Morgan fingerprint density at radius 2 is 1.69 bits per heavy atom. The van der Waals surface area contributed by atoms with Gasteiger partial charge in [-0.1, -0.05) is 54.6 Å². The van der Waals surface area contributed by atoms with E-state index in [-0.39, 0.29) is 17.8 Å². The molecule has 0 fully saturated rings. The molecule has 0 aliphatic carbocycles. The van der Waals surface area contributed by atoms with Crippen molar-refractivity contribution in [3.8, 4) is 11.1 Å². The van der Waals surface area contributed by atoms with Crippen LogP contribution in [-0.4, -0.2) is 26.3 Å². The Labute approximate surface area is 201 Å². The number of fused-ring (bicyclic) bond motifs is 2. The Morgan fingerprint density at radius 3 is 2.54 bits per heavy atom. The monoisotopic (exact) mass is 465 g/mol. The number of nitrogens with two attached hydrogens (primary N) is 2. The second-order valence-electron chi connectivity index (χ2n) is 8.82. The van der Waals surface area contributed by atoms with Crippen molar-refractivity contribution in [1.82, 2.24) is 19.7 Å². The Kier molecular flexibility index (Phi) is 5.06. The van der Waals surface area contributed by atoms with E-state index >= 15 is 0 Å². The number of halogens is 1. The van der Waals surface area contributed by atoms with Gasteiger partial charge in [0.2, 0.25) is 5.95 Å². The maximum atomic E-state index is 13.5. The van der Waals surface area contributed by atoms with E-state index in [0.717, 1.165) is 29.7 Å². The van der Waals surface area contributed by atoms with Crippen LogP contribution in [0.1, 0.15) is 17.2 Å². The molecule has 3 aromatic carbocycles. The van der Waals surface area contributed by atoms with Crippen LogP contribution in [0.3, 0.4) is 0 Å². The third kappa shape index (κ3) is 3.82. The molecule has 7 nitrogen and oxygen atoms in total. The smallest absolute Gasteiger partial charge is 0.224 e. The summed E-state index contributed by atoms with van der Waals surface area (Å²) in [7, 11) is 0. The molecule has 0 saturated heterocycles. The number of nitrogens with zero attached hydrogens (tertiary/aromatic N) is 5. The number of hydrogen-bond donors (Lipinski definition) is 2. The highest BCUT2D eigenvalue weighted by Gasteiger charge is 2.28. The second kappa shape index (κ2) is 8.39. The lowest BCUT2D eigenvalue weighted by Crippen LogP contribution is -2.37. The summed E-state index contributed by atoms with van der Waals surface area (Å²) in [6.45, 7) is 1.43. The molecule has 1 unspecified atom stereocenters. The molecule has 1 aliphatic rings. The maximum absolute atomic E-state index is 13.5. The van der Waals surface area contributed by atoms with Gasteiger partial charge in [-0.3, -0.25) is 0 Å². The van der Waals surface area contributed by atoms with Gasteiger partial charge in [-0.25, -0.2) is 9.07 Å². The third-order valence-electron chi connectivity index (χ3n) is 6.60. The molecule has 4 N–H and O–H groups in total. The van der Waals surface area contributed by atoms with Gasteiger partial charge in [0.05, 0.1) is 17.6 Å². The molecule has 2 aromatic heterocycles. The molecular weight excluding hydrogens is 441 g/mol. The van der Waals surface area contributed by atoms with Gasteiger partial charge >= 0.3 is 0 Å². The zero-order chi connectivity index (χ0) is 23.9. The topological polar surface area (TPSA) is 98.9 Å². The number of hydrogen-bond acceptors (Lipinski definition) is 6. The molecule has 6 rings (SSSR count). The summed E-state index contributed by atoms with van der Waals surface area (Å²) in [6.07, 6.45) is 2.52. The molecule has 0 amide bonds. The standard InChI is InChI=1S/C27H24FN7/c28-20-11-9-17(10-12-20)22-7-3-1-6-19(22)15-34-16-21(13-18-5-2-4-8-24(18)34)35-26-23(14-31-35)25(29)32-27(30)33-26/h1-12,14,21H,13,15-16H2,(H4,29,30,32,33). The normalized spacial score (nSPS) is 15.3. The lowest BCUT2D eigenvalue weighted by atomic mass is 9.95. The summed E-state index contributed by atoms with van der Waals surface area (Å²) in [5.74, 6) is 0.230. The first-order valence-corrected chi connectivity index (χ1v) is 11.5. The highest BCUT2D eigenvalue weighted by atomic mass is 19.1. The number of anilines is 3. The Hall–Kier alpha value is -4.46. The van der Waals surface area contributed by atoms with Crippen molar-refractivity contribution >= 4 is 28.5 Å². The van der Waals surface area contributed by atoms with Gasteiger partial charge in [0, 0.05) is 18.8 Å². The summed E-state index contributed by atoms with van der Waals surface area (Å²) in [5, 5.41) is 5.33. The number of benzene rings is 3. The van der Waals surface area contributed by atoms with E-state index in [4.69, 9.17) is 11.5 Å². The molecule has 174 valence electrons. The quantitative estimate of drug-likeness (QED) is 0.402. The molecule has 0 spiro atoms. The van der Waals surface area contributed by atoms with Crippen molar-refractivity contribution in [1.29, 1.82) is 0 Å². The van der Waals surface area contributed by atoms with Crippen LogP contribution in [0.4, 0.5) is 21.8 Å². The van der Waals surface area contributed by atoms with Crippen LogP contribution >= 0.6 is 0 Å². The zero-order valence-electron chi connectivity index (χ0n) is 19.0. The minimum atomic E-state index is -0.240. The third-order valence-corrected chi connectivity index (χ3v) is 6.60. The molecule has 0 radical (unpaired) electrons. The molecule has 35 heavy (non-hydrogen) atoms. The zero-order valence-corrected chi connectivity index (χ0v) is 19.0. The van der Waals surface area contributed by atoms with Crippen molar-refractivity contribution in [2.75, 3.05) is 22.9 Å². The lowest BCUT2D eigenvalue weighted by Gasteiger charge is -2.36.